The number of fused-ring (bicyclic) bond motifs is 1. The highest BCUT2D eigenvalue weighted by molar-refractivity contribution is 7.89. The number of amides is 1. The van der Waals surface area contributed by atoms with Gasteiger partial charge in [0.05, 0.1) is 26.5 Å². The van der Waals surface area contributed by atoms with Crippen LogP contribution in [0.5, 0.6) is 5.75 Å². The molecule has 2 aromatic rings. The Bertz CT molecular complexity index is 945. The van der Waals surface area contributed by atoms with Gasteiger partial charge in [0.1, 0.15) is 16.5 Å². The van der Waals surface area contributed by atoms with Crippen LogP contribution in [0.2, 0.25) is 0 Å². The third-order valence-electron chi connectivity index (χ3n) is 3.83. The van der Waals surface area contributed by atoms with Crippen molar-refractivity contribution in [1.29, 1.82) is 0 Å². The Hall–Kier alpha value is -2.24. The molecule has 1 amide bonds. The van der Waals surface area contributed by atoms with Gasteiger partial charge in [-0.05, 0) is 18.2 Å². The quantitative estimate of drug-likeness (QED) is 0.844. The fourth-order valence-electron chi connectivity index (χ4n) is 2.56. The molecule has 1 aromatic carbocycles. The number of methoxy groups -OCH3 is 2. The van der Waals surface area contributed by atoms with Crippen LogP contribution < -0.4 is 10.1 Å². The Morgan fingerprint density at radius 1 is 1.38 bits per heavy atom. The Kier molecular flexibility index (Phi) is 5.12. The first kappa shape index (κ1) is 18.5. The zero-order valence-electron chi connectivity index (χ0n) is 14.0. The zero-order valence-corrected chi connectivity index (χ0v) is 15.6. The van der Waals surface area contributed by atoms with Crippen molar-refractivity contribution in [3.8, 4) is 5.75 Å². The summed E-state index contributed by atoms with van der Waals surface area (Å²) < 4.78 is 50.3. The topological polar surface area (TPSA) is 97.8 Å². The van der Waals surface area contributed by atoms with Gasteiger partial charge in [-0.25, -0.2) is 22.6 Å². The van der Waals surface area contributed by atoms with E-state index in [1.165, 1.54) is 35.9 Å². The number of nitrogens with zero attached hydrogens (tertiary/aromatic N) is 2. The highest BCUT2D eigenvalue weighted by Gasteiger charge is 2.33. The van der Waals surface area contributed by atoms with Crippen LogP contribution in [0.3, 0.4) is 0 Å². The lowest BCUT2D eigenvalue weighted by Gasteiger charge is -2.26. The number of nitrogens with one attached hydrogen (secondary N) is 1. The molecule has 11 heteroatoms. The monoisotopic (exact) mass is 401 g/mol. The Morgan fingerprint density at radius 2 is 2.15 bits per heavy atom. The van der Waals surface area contributed by atoms with Crippen molar-refractivity contribution in [2.45, 2.75) is 17.9 Å². The molecule has 0 atom stereocenters. The van der Waals surface area contributed by atoms with Crippen LogP contribution in [0.4, 0.5) is 14.3 Å². The number of rotatable bonds is 4. The SMILES string of the molecule is COC(=O)Nc1nc2c(s1)CN(S(=O)(=O)c1cc(F)ccc1OC)CC2. The van der Waals surface area contributed by atoms with Gasteiger partial charge < -0.3 is 9.47 Å². The van der Waals surface area contributed by atoms with Crippen LogP contribution in [-0.4, -0.2) is 44.6 Å². The smallest absolute Gasteiger partial charge is 0.413 e. The first-order valence-electron chi connectivity index (χ1n) is 7.52. The molecule has 0 unspecified atom stereocenters. The standard InChI is InChI=1S/C15H16FN3O5S2/c1-23-11-4-3-9(16)7-13(11)26(21,22)19-6-5-10-12(8-19)25-14(17-10)18-15(20)24-2/h3-4,7H,5-6,8H2,1-2H3,(H,17,18,20). The van der Waals surface area contributed by atoms with Crippen LogP contribution in [0.15, 0.2) is 23.1 Å². The highest BCUT2D eigenvalue weighted by Crippen LogP contribution is 2.33. The van der Waals surface area contributed by atoms with Gasteiger partial charge in [0.15, 0.2) is 5.13 Å². The predicted molar refractivity (Wildman–Crippen MR) is 92.4 cm³/mol. The maximum Gasteiger partial charge on any atom is 0.413 e. The normalized spacial score (nSPS) is 14.6. The number of halogens is 1. The minimum Gasteiger partial charge on any atom is -0.495 e. The van der Waals surface area contributed by atoms with Crippen molar-refractivity contribution >= 4 is 32.6 Å². The average Bonchev–Trinajstić information content (AvgIpc) is 3.02. The van der Waals surface area contributed by atoms with Crippen molar-refractivity contribution in [1.82, 2.24) is 9.29 Å². The maximum atomic E-state index is 13.6. The largest absolute Gasteiger partial charge is 0.495 e. The van der Waals surface area contributed by atoms with E-state index in [2.05, 4.69) is 15.0 Å². The molecule has 140 valence electrons. The van der Waals surface area contributed by atoms with Gasteiger partial charge in [-0.1, -0.05) is 11.3 Å². The molecule has 0 saturated carbocycles. The fourth-order valence-corrected chi connectivity index (χ4v) is 5.23. The molecule has 1 N–H and O–H groups in total. The number of benzene rings is 1. The van der Waals surface area contributed by atoms with E-state index in [0.29, 0.717) is 16.4 Å². The van der Waals surface area contributed by atoms with Crippen LogP contribution in [0.1, 0.15) is 10.6 Å². The molecule has 8 nitrogen and oxygen atoms in total. The lowest BCUT2D eigenvalue weighted by Crippen LogP contribution is -2.35. The number of anilines is 1. The molecule has 0 saturated heterocycles. The summed E-state index contributed by atoms with van der Waals surface area (Å²) in [6, 6.07) is 3.36. The molecular formula is C15H16FN3O5S2. The molecule has 0 spiro atoms. The Morgan fingerprint density at radius 3 is 2.85 bits per heavy atom. The van der Waals surface area contributed by atoms with Crippen molar-refractivity contribution in [2.75, 3.05) is 26.1 Å². The third-order valence-corrected chi connectivity index (χ3v) is 6.70. The van der Waals surface area contributed by atoms with Gasteiger partial charge in [-0.15, -0.1) is 0 Å². The summed E-state index contributed by atoms with van der Waals surface area (Å²) in [4.78, 5) is 16.0. The molecule has 0 aliphatic carbocycles. The summed E-state index contributed by atoms with van der Waals surface area (Å²) in [6.45, 7) is 0.272. The van der Waals surface area contributed by atoms with E-state index in [4.69, 9.17) is 4.74 Å². The van der Waals surface area contributed by atoms with Crippen molar-refractivity contribution in [2.24, 2.45) is 0 Å². The number of carbonyl (C=O) groups is 1. The van der Waals surface area contributed by atoms with E-state index >= 15 is 0 Å². The predicted octanol–water partition coefficient (Wildman–Crippen LogP) is 2.22. The fraction of sp³-hybridized carbons (Fsp3) is 0.333. The summed E-state index contributed by atoms with van der Waals surface area (Å²) >= 11 is 1.17. The summed E-state index contributed by atoms with van der Waals surface area (Å²) in [5.74, 6) is -0.584. The first-order chi connectivity index (χ1) is 12.3. The van der Waals surface area contributed by atoms with Crippen LogP contribution >= 0.6 is 11.3 Å². The van der Waals surface area contributed by atoms with Gasteiger partial charge in [0, 0.05) is 17.8 Å². The number of carbonyl (C=O) groups excluding carboxylic acids is 1. The molecule has 0 radical (unpaired) electrons. The van der Waals surface area contributed by atoms with E-state index in [1.54, 1.807) is 0 Å². The summed E-state index contributed by atoms with van der Waals surface area (Å²) in [5.41, 5.74) is 0.721. The van der Waals surface area contributed by atoms with E-state index in [0.717, 1.165) is 17.8 Å². The van der Waals surface area contributed by atoms with Crippen LogP contribution in [-0.2, 0) is 27.7 Å². The van der Waals surface area contributed by atoms with Crippen molar-refractivity contribution < 1.29 is 27.1 Å². The highest BCUT2D eigenvalue weighted by atomic mass is 32.2. The van der Waals surface area contributed by atoms with E-state index in [-0.39, 0.29) is 23.7 Å². The third kappa shape index (κ3) is 3.50. The second kappa shape index (κ2) is 7.17. The number of sulfonamides is 1. The minimum absolute atomic E-state index is 0.0783. The number of ether oxygens (including phenoxy) is 2. The van der Waals surface area contributed by atoms with Gasteiger partial charge >= 0.3 is 6.09 Å². The molecule has 1 aliphatic heterocycles. The van der Waals surface area contributed by atoms with Crippen LogP contribution in [0, 0.1) is 5.82 Å². The van der Waals surface area contributed by atoms with E-state index in [1.807, 2.05) is 0 Å². The summed E-state index contributed by atoms with van der Waals surface area (Å²) in [5, 5.41) is 2.81. The van der Waals surface area contributed by atoms with Crippen LogP contribution in [0.25, 0.3) is 0 Å². The maximum absolute atomic E-state index is 13.6. The number of thiazole rings is 1. The van der Waals surface area contributed by atoms with Crippen molar-refractivity contribution in [3.63, 3.8) is 0 Å². The van der Waals surface area contributed by atoms with Gasteiger partial charge in [0.25, 0.3) is 0 Å². The number of hydrogen-bond donors (Lipinski definition) is 1. The second-order valence-electron chi connectivity index (χ2n) is 5.39. The van der Waals surface area contributed by atoms with E-state index < -0.39 is 21.9 Å². The molecule has 2 heterocycles. The second-order valence-corrected chi connectivity index (χ2v) is 8.38. The average molecular weight is 401 g/mol. The van der Waals surface area contributed by atoms with Gasteiger partial charge in [-0.2, -0.15) is 4.31 Å². The van der Waals surface area contributed by atoms with Crippen molar-refractivity contribution in [3.05, 3.63) is 34.6 Å². The molecule has 3 rings (SSSR count). The molecule has 1 aliphatic rings. The molecule has 26 heavy (non-hydrogen) atoms. The first-order valence-corrected chi connectivity index (χ1v) is 9.78. The molecule has 0 fully saturated rings. The molecule has 0 bridgehead atoms. The minimum atomic E-state index is -3.95. The van der Waals surface area contributed by atoms with Gasteiger partial charge in [-0.3, -0.25) is 5.32 Å². The molecule has 1 aromatic heterocycles. The zero-order chi connectivity index (χ0) is 18.9. The lowest BCUT2D eigenvalue weighted by atomic mass is 10.2. The molecular weight excluding hydrogens is 385 g/mol. The summed E-state index contributed by atoms with van der Waals surface area (Å²) in [7, 11) is -1.39. The Labute approximate surface area is 153 Å². The Balaban J connectivity index is 1.88. The van der Waals surface area contributed by atoms with E-state index in [9.17, 15) is 17.6 Å². The number of aromatic nitrogens is 1. The summed E-state index contributed by atoms with van der Waals surface area (Å²) in [6.07, 6.45) is -0.268. The number of hydrogen-bond acceptors (Lipinski definition) is 7. The van der Waals surface area contributed by atoms with Gasteiger partial charge in [0.2, 0.25) is 10.0 Å². The lowest BCUT2D eigenvalue weighted by molar-refractivity contribution is 0.187.